The normalized spacial score (nSPS) is 14.4. The van der Waals surface area contributed by atoms with E-state index < -0.39 is 0 Å². The van der Waals surface area contributed by atoms with Crippen molar-refractivity contribution in [1.82, 2.24) is 0 Å². The first-order valence-electron chi connectivity index (χ1n) is 7.96. The summed E-state index contributed by atoms with van der Waals surface area (Å²) in [5, 5.41) is 0. The molecule has 1 aliphatic carbocycles. The minimum atomic E-state index is -0.0333. The molecule has 2 nitrogen and oxygen atoms in total. The summed E-state index contributed by atoms with van der Waals surface area (Å²) in [6.07, 6.45) is 0.503. The van der Waals surface area contributed by atoms with Gasteiger partial charge in [-0.15, -0.1) is 0 Å². The van der Waals surface area contributed by atoms with E-state index in [2.05, 4.69) is 26.0 Å². The highest BCUT2D eigenvalue weighted by Crippen LogP contribution is 2.28. The number of hydrogen-bond donors (Lipinski definition) is 0. The van der Waals surface area contributed by atoms with Crippen molar-refractivity contribution in [2.45, 2.75) is 33.1 Å². The molecular formula is C21H20O2. The fourth-order valence-electron chi connectivity index (χ4n) is 2.99. The van der Waals surface area contributed by atoms with Gasteiger partial charge in [0.15, 0.2) is 11.6 Å². The Kier molecular flexibility index (Phi) is 3.99. The number of carbonyl (C=O) groups excluding carboxylic acids is 2. The Morgan fingerprint density at radius 1 is 0.826 bits per heavy atom. The van der Waals surface area contributed by atoms with Gasteiger partial charge in [0.05, 0.1) is 0 Å². The van der Waals surface area contributed by atoms with Crippen molar-refractivity contribution < 1.29 is 9.59 Å². The van der Waals surface area contributed by atoms with Gasteiger partial charge < -0.3 is 0 Å². The molecule has 2 aromatic carbocycles. The van der Waals surface area contributed by atoms with Crippen molar-refractivity contribution in [2.24, 2.45) is 0 Å². The van der Waals surface area contributed by atoms with E-state index in [1.807, 2.05) is 12.1 Å². The molecule has 0 radical (unpaired) electrons. The zero-order chi connectivity index (χ0) is 16.6. The van der Waals surface area contributed by atoms with E-state index in [1.165, 1.54) is 5.56 Å². The summed E-state index contributed by atoms with van der Waals surface area (Å²) in [4.78, 5) is 25.2. The summed E-state index contributed by atoms with van der Waals surface area (Å²) in [6, 6.07) is 15.4. The Bertz CT molecular complexity index is 808. The molecule has 116 valence electrons. The summed E-state index contributed by atoms with van der Waals surface area (Å²) >= 11 is 0. The monoisotopic (exact) mass is 304 g/mol. The Balaban J connectivity index is 1.95. The van der Waals surface area contributed by atoms with Crippen LogP contribution in [0.2, 0.25) is 0 Å². The van der Waals surface area contributed by atoms with Gasteiger partial charge in [-0.2, -0.15) is 0 Å². The second-order valence-corrected chi connectivity index (χ2v) is 6.38. The van der Waals surface area contributed by atoms with Gasteiger partial charge in [0, 0.05) is 28.7 Å². The first-order valence-corrected chi connectivity index (χ1v) is 7.96. The molecule has 0 saturated carbocycles. The van der Waals surface area contributed by atoms with Crippen LogP contribution in [-0.4, -0.2) is 11.6 Å². The summed E-state index contributed by atoms with van der Waals surface area (Å²) < 4.78 is 0. The molecule has 0 aliphatic heterocycles. The number of Topliss-reactive ketones (excluding diaryl/α,β-unsaturated/α-hetero) is 2. The minimum Gasteiger partial charge on any atom is -0.289 e. The summed E-state index contributed by atoms with van der Waals surface area (Å²) in [6.45, 7) is 6.07. The lowest BCUT2D eigenvalue weighted by molar-refractivity contribution is 0.0973. The fraction of sp³-hybridized carbons (Fsp3) is 0.238. The van der Waals surface area contributed by atoms with Crippen LogP contribution >= 0.6 is 0 Å². The minimum absolute atomic E-state index is 0.0226. The van der Waals surface area contributed by atoms with Gasteiger partial charge >= 0.3 is 0 Å². The van der Waals surface area contributed by atoms with Crippen molar-refractivity contribution in [2.75, 3.05) is 0 Å². The molecule has 0 unspecified atom stereocenters. The highest BCUT2D eigenvalue weighted by atomic mass is 16.1. The quantitative estimate of drug-likeness (QED) is 0.820. The maximum absolute atomic E-state index is 12.7. The molecule has 0 heterocycles. The molecule has 0 amide bonds. The molecule has 1 aliphatic rings. The fourth-order valence-corrected chi connectivity index (χ4v) is 2.99. The lowest BCUT2D eigenvalue weighted by atomic mass is 9.82. The van der Waals surface area contributed by atoms with Crippen molar-refractivity contribution in [1.29, 1.82) is 0 Å². The highest BCUT2D eigenvalue weighted by Gasteiger charge is 2.29. The molecule has 23 heavy (non-hydrogen) atoms. The van der Waals surface area contributed by atoms with Crippen molar-refractivity contribution in [3.8, 4) is 0 Å². The molecule has 0 spiro atoms. The number of carbonyl (C=O) groups is 2. The van der Waals surface area contributed by atoms with Crippen LogP contribution in [0.15, 0.2) is 59.7 Å². The Morgan fingerprint density at radius 3 is 1.96 bits per heavy atom. The summed E-state index contributed by atoms with van der Waals surface area (Å²) in [5.74, 6) is 0.425. The predicted molar refractivity (Wildman–Crippen MR) is 92.0 cm³/mol. The first kappa shape index (κ1) is 15.4. The van der Waals surface area contributed by atoms with E-state index in [0.29, 0.717) is 34.6 Å². The average molecular weight is 304 g/mol. The topological polar surface area (TPSA) is 34.1 Å². The highest BCUT2D eigenvalue weighted by molar-refractivity contribution is 6.26. The lowest BCUT2D eigenvalue weighted by Gasteiger charge is -2.19. The van der Waals surface area contributed by atoms with Gasteiger partial charge in [0.1, 0.15) is 0 Å². The van der Waals surface area contributed by atoms with Crippen LogP contribution in [0.5, 0.6) is 0 Å². The number of rotatable bonds is 3. The van der Waals surface area contributed by atoms with E-state index >= 15 is 0 Å². The van der Waals surface area contributed by atoms with Gasteiger partial charge in [-0.1, -0.05) is 62.4 Å². The van der Waals surface area contributed by atoms with Gasteiger partial charge in [-0.25, -0.2) is 0 Å². The molecule has 2 aromatic rings. The van der Waals surface area contributed by atoms with Crippen molar-refractivity contribution in [3.63, 3.8) is 0 Å². The van der Waals surface area contributed by atoms with Crippen LogP contribution < -0.4 is 0 Å². The molecule has 0 fully saturated rings. The number of benzene rings is 2. The van der Waals surface area contributed by atoms with Crippen molar-refractivity contribution >= 4 is 11.6 Å². The molecule has 0 bridgehead atoms. The van der Waals surface area contributed by atoms with Crippen LogP contribution in [0, 0.1) is 0 Å². The molecule has 0 aromatic heterocycles. The SMILES string of the molecule is CC1=C(Cc2ccc(C(C)C)cc2)C(=O)c2ccccc2C1=O. The van der Waals surface area contributed by atoms with Crippen LogP contribution in [0.25, 0.3) is 0 Å². The molecule has 3 rings (SSSR count). The summed E-state index contributed by atoms with van der Waals surface area (Å²) in [5.41, 5.74) is 4.57. The maximum Gasteiger partial charge on any atom is 0.190 e. The maximum atomic E-state index is 12.7. The first-order chi connectivity index (χ1) is 11.0. The van der Waals surface area contributed by atoms with Crippen molar-refractivity contribution in [3.05, 3.63) is 81.9 Å². The number of ketones is 2. The van der Waals surface area contributed by atoms with Gasteiger partial charge in [0.25, 0.3) is 0 Å². The van der Waals surface area contributed by atoms with E-state index in [0.717, 1.165) is 5.56 Å². The molecular weight excluding hydrogens is 284 g/mol. The number of fused-ring (bicyclic) bond motifs is 1. The predicted octanol–water partition coefficient (Wildman–Crippen LogP) is 4.75. The molecule has 0 N–H and O–H groups in total. The van der Waals surface area contributed by atoms with Crippen LogP contribution in [0.4, 0.5) is 0 Å². The number of allylic oxidation sites excluding steroid dienone is 2. The van der Waals surface area contributed by atoms with Gasteiger partial charge in [0.2, 0.25) is 0 Å². The summed E-state index contributed by atoms with van der Waals surface area (Å²) in [7, 11) is 0. The standard InChI is InChI=1S/C21H20O2/c1-13(2)16-10-8-15(9-11-16)12-19-14(3)20(22)17-6-4-5-7-18(17)21(19)23/h4-11,13H,12H2,1-3H3. The van der Waals surface area contributed by atoms with Gasteiger partial charge in [-0.3, -0.25) is 9.59 Å². The van der Waals surface area contributed by atoms with Crippen LogP contribution in [0.1, 0.15) is 58.5 Å². The Labute approximate surface area is 136 Å². The zero-order valence-electron chi connectivity index (χ0n) is 13.7. The lowest BCUT2D eigenvalue weighted by Crippen LogP contribution is -2.22. The third kappa shape index (κ3) is 2.77. The molecule has 0 atom stereocenters. The largest absolute Gasteiger partial charge is 0.289 e. The van der Waals surface area contributed by atoms with Crippen LogP contribution in [0.3, 0.4) is 0 Å². The Morgan fingerprint density at radius 2 is 1.39 bits per heavy atom. The van der Waals surface area contributed by atoms with E-state index in [9.17, 15) is 9.59 Å². The third-order valence-corrected chi connectivity index (χ3v) is 4.51. The third-order valence-electron chi connectivity index (χ3n) is 4.51. The van der Waals surface area contributed by atoms with Gasteiger partial charge in [-0.05, 0) is 24.0 Å². The second-order valence-electron chi connectivity index (χ2n) is 6.38. The van der Waals surface area contributed by atoms with E-state index in [1.54, 1.807) is 31.2 Å². The smallest absolute Gasteiger partial charge is 0.190 e. The average Bonchev–Trinajstić information content (AvgIpc) is 2.57. The number of hydrogen-bond acceptors (Lipinski definition) is 2. The molecule has 2 heteroatoms. The van der Waals surface area contributed by atoms with E-state index in [4.69, 9.17) is 0 Å². The van der Waals surface area contributed by atoms with Crippen LogP contribution in [-0.2, 0) is 6.42 Å². The second kappa shape index (κ2) is 5.96. The Hall–Kier alpha value is -2.48. The molecule has 0 saturated heterocycles. The van der Waals surface area contributed by atoms with E-state index in [-0.39, 0.29) is 11.6 Å². The zero-order valence-corrected chi connectivity index (χ0v) is 13.7.